The molecule has 0 aliphatic rings. The van der Waals surface area contributed by atoms with Crippen molar-refractivity contribution in [3.63, 3.8) is 0 Å². The van der Waals surface area contributed by atoms with Crippen LogP contribution in [0.2, 0.25) is 0 Å². The quantitative estimate of drug-likeness (QED) is 0.461. The molecule has 0 unspecified atom stereocenters. The fraction of sp³-hybridized carbons (Fsp3) is 0.600. The van der Waals surface area contributed by atoms with E-state index in [0.29, 0.717) is 0 Å². The van der Waals surface area contributed by atoms with Gasteiger partial charge in [-0.25, -0.2) is 0 Å². The number of halogens is 3. The van der Waals surface area contributed by atoms with Crippen molar-refractivity contribution in [1.29, 1.82) is 0 Å². The van der Waals surface area contributed by atoms with Crippen LogP contribution in [0.15, 0.2) is 0 Å². The van der Waals surface area contributed by atoms with Crippen LogP contribution in [-0.4, -0.2) is 62.2 Å². The Morgan fingerprint density at radius 3 is 0.818 bits per heavy atom. The fourth-order valence-corrected chi connectivity index (χ4v) is 0.428. The minimum absolute atomic E-state index is 0.296. The van der Waals surface area contributed by atoms with Gasteiger partial charge in [-0.15, -0.1) is 0 Å². The zero-order valence-electron chi connectivity index (χ0n) is 11.0. The molecule has 0 aromatic carbocycles. The van der Waals surface area contributed by atoms with Gasteiger partial charge in [0.05, 0.1) is 25.7 Å². The number of rotatable bonds is 6. The fourth-order valence-electron chi connectivity index (χ4n) is 0.428. The van der Waals surface area contributed by atoms with Gasteiger partial charge in [0.15, 0.2) is 0 Å². The summed E-state index contributed by atoms with van der Waals surface area (Å²) in [5.74, 6) is -4.31. The molecule has 0 amide bonds. The Labute approximate surface area is 121 Å². The predicted octanol–water partition coefficient (Wildman–Crippen LogP) is 0.413. The van der Waals surface area contributed by atoms with Crippen molar-refractivity contribution in [3.05, 3.63) is 0 Å². The number of carboxylic acids is 4. The van der Waals surface area contributed by atoms with Crippen molar-refractivity contribution in [1.82, 2.24) is 0 Å². The molecule has 0 aliphatic heterocycles. The number of aliphatic carboxylic acids is 4. The van der Waals surface area contributed by atoms with Crippen LogP contribution in [0.5, 0.6) is 0 Å². The lowest BCUT2D eigenvalue weighted by atomic mass is 10.3. The smallest absolute Gasteiger partial charge is 0.411 e. The minimum atomic E-state index is -4.40. The number of carboxylic acid groups (broad SMARTS) is 4. The Morgan fingerprint density at radius 2 is 0.773 bits per heavy atom. The molecule has 0 rings (SSSR count). The van der Waals surface area contributed by atoms with Gasteiger partial charge in [-0.2, -0.15) is 13.2 Å². The van der Waals surface area contributed by atoms with E-state index in [4.69, 9.17) is 25.5 Å². The number of hydrogen-bond acceptors (Lipinski definition) is 5. The Bertz CT molecular complexity index is 309. The van der Waals surface area contributed by atoms with E-state index >= 15 is 0 Å². The first-order valence-corrected chi connectivity index (χ1v) is 5.36. The summed E-state index contributed by atoms with van der Waals surface area (Å²) in [5, 5.41) is 38.9. The van der Waals surface area contributed by atoms with E-state index < -0.39 is 36.7 Å². The summed E-state index contributed by atoms with van der Waals surface area (Å²) in [5.41, 5.74) is 0. The highest BCUT2D eigenvalue weighted by Gasteiger charge is 2.24. The number of alkyl halides is 3. The van der Waals surface area contributed by atoms with Crippen LogP contribution in [0, 0.1) is 0 Å². The lowest BCUT2D eigenvalue weighted by Crippen LogP contribution is -2.12. The summed E-state index contributed by atoms with van der Waals surface area (Å²) in [6, 6.07) is 0. The second-order valence-electron chi connectivity index (χ2n) is 3.35. The largest absolute Gasteiger partial charge is 0.481 e. The van der Waals surface area contributed by atoms with Gasteiger partial charge in [0.1, 0.15) is 6.61 Å². The molecule has 0 aromatic rings. The number of carbonyl (C=O) groups is 4. The molecule has 130 valence electrons. The van der Waals surface area contributed by atoms with Crippen molar-refractivity contribution in [2.24, 2.45) is 0 Å². The first kappa shape index (κ1) is 24.6. The highest BCUT2D eigenvalue weighted by molar-refractivity contribution is 5.75. The molecular formula is C10H15F3O9. The molecule has 0 radical (unpaired) electrons. The molecule has 0 aliphatic carbocycles. The summed E-state index contributed by atoms with van der Waals surface area (Å²) in [4.78, 5) is 38.6. The molecule has 5 N–H and O–H groups in total. The van der Waals surface area contributed by atoms with Crippen molar-refractivity contribution >= 4 is 23.9 Å². The highest BCUT2D eigenvalue weighted by Crippen LogP contribution is 2.11. The van der Waals surface area contributed by atoms with Gasteiger partial charge < -0.3 is 25.5 Å². The zero-order valence-corrected chi connectivity index (χ0v) is 11.0. The van der Waals surface area contributed by atoms with Crippen LogP contribution in [0.25, 0.3) is 0 Å². The topological polar surface area (TPSA) is 169 Å². The molecule has 0 saturated carbocycles. The number of aliphatic hydroxyl groups excluding tert-OH is 1. The molecule has 0 saturated heterocycles. The van der Waals surface area contributed by atoms with Gasteiger partial charge in [-0.05, 0) is 0 Å². The normalized spacial score (nSPS) is 9.45. The third-order valence-electron chi connectivity index (χ3n) is 1.28. The maximum atomic E-state index is 10.5. The van der Waals surface area contributed by atoms with Gasteiger partial charge in [-0.3, -0.25) is 19.2 Å². The second kappa shape index (κ2) is 13.6. The van der Waals surface area contributed by atoms with E-state index in [9.17, 15) is 32.3 Å². The Kier molecular flexibility index (Phi) is 15.2. The highest BCUT2D eigenvalue weighted by atomic mass is 19.4. The summed E-state index contributed by atoms with van der Waals surface area (Å²) in [7, 11) is 0. The Morgan fingerprint density at radius 1 is 0.636 bits per heavy atom. The number of hydrogen-bond donors (Lipinski definition) is 5. The molecular weight excluding hydrogens is 321 g/mol. The second-order valence-corrected chi connectivity index (χ2v) is 3.35. The van der Waals surface area contributed by atoms with Crippen LogP contribution in [0.1, 0.15) is 25.7 Å². The van der Waals surface area contributed by atoms with E-state index in [1.807, 2.05) is 0 Å². The third kappa shape index (κ3) is 43.1. The maximum Gasteiger partial charge on any atom is 0.411 e. The van der Waals surface area contributed by atoms with E-state index in [1.165, 1.54) is 0 Å². The van der Waals surface area contributed by atoms with Gasteiger partial charge >= 0.3 is 30.1 Å². The molecule has 9 nitrogen and oxygen atoms in total. The molecule has 0 heterocycles. The van der Waals surface area contributed by atoms with Crippen molar-refractivity contribution < 1.29 is 57.9 Å². The summed E-state index contributed by atoms with van der Waals surface area (Å²) in [6.45, 7) is -1.73. The summed E-state index contributed by atoms with van der Waals surface area (Å²) in [6.07, 6.45) is -5.59. The van der Waals surface area contributed by atoms with Crippen LogP contribution < -0.4 is 0 Å². The molecule has 0 aromatic heterocycles. The Hall–Kier alpha value is -2.37. The van der Waals surface area contributed by atoms with Gasteiger partial charge in [-0.1, -0.05) is 0 Å². The maximum absolute atomic E-state index is 10.5. The Balaban J connectivity index is -0.000000249. The van der Waals surface area contributed by atoms with Crippen molar-refractivity contribution in [2.45, 2.75) is 31.9 Å². The third-order valence-corrected chi connectivity index (χ3v) is 1.28. The average molecular weight is 336 g/mol. The van der Waals surface area contributed by atoms with Gasteiger partial charge in [0.25, 0.3) is 0 Å². The SMILES string of the molecule is O=C(O)CCC(=O)O.O=C(O)CCC(=O)O.OCC(F)(F)F. The summed E-state index contributed by atoms with van der Waals surface area (Å²) >= 11 is 0. The standard InChI is InChI=1S/2C4H6O4.C2H3F3O/c2*5-3(6)1-2-4(7)8;3-2(4,5)1-6/h2*1-2H2,(H,5,6)(H,7,8);6H,1H2. The average Bonchev–Trinajstić information content (AvgIpc) is 2.34. The van der Waals surface area contributed by atoms with E-state index in [1.54, 1.807) is 0 Å². The van der Waals surface area contributed by atoms with E-state index in [2.05, 4.69) is 0 Å². The summed E-state index contributed by atoms with van der Waals surface area (Å²) < 4.78 is 31.6. The van der Waals surface area contributed by atoms with Crippen LogP contribution in [0.3, 0.4) is 0 Å². The van der Waals surface area contributed by atoms with Crippen molar-refractivity contribution in [3.8, 4) is 0 Å². The van der Waals surface area contributed by atoms with Gasteiger partial charge in [0, 0.05) is 0 Å². The zero-order chi connectivity index (χ0) is 18.3. The molecule has 0 spiro atoms. The number of aliphatic hydroxyl groups is 1. The van der Waals surface area contributed by atoms with Crippen molar-refractivity contribution in [2.75, 3.05) is 6.61 Å². The van der Waals surface area contributed by atoms with Gasteiger partial charge in [0.2, 0.25) is 0 Å². The van der Waals surface area contributed by atoms with E-state index in [0.717, 1.165) is 0 Å². The molecule has 0 atom stereocenters. The first-order chi connectivity index (χ1) is 9.81. The predicted molar refractivity (Wildman–Crippen MR) is 62.2 cm³/mol. The molecule has 0 bridgehead atoms. The first-order valence-electron chi connectivity index (χ1n) is 5.36. The van der Waals surface area contributed by atoms with Crippen LogP contribution >= 0.6 is 0 Å². The molecule has 0 fully saturated rings. The van der Waals surface area contributed by atoms with E-state index in [-0.39, 0.29) is 25.7 Å². The lowest BCUT2D eigenvalue weighted by molar-refractivity contribution is -0.159. The minimum Gasteiger partial charge on any atom is -0.481 e. The van der Waals surface area contributed by atoms with Crippen LogP contribution in [0.4, 0.5) is 13.2 Å². The van der Waals surface area contributed by atoms with Crippen LogP contribution in [-0.2, 0) is 19.2 Å². The lowest BCUT2D eigenvalue weighted by Gasteiger charge is -1.95. The monoisotopic (exact) mass is 336 g/mol. The molecule has 22 heavy (non-hydrogen) atoms. The molecule has 12 heteroatoms.